The van der Waals surface area contributed by atoms with Crippen LogP contribution in [0, 0.1) is 0 Å². The van der Waals surface area contributed by atoms with E-state index in [1.165, 1.54) is 20.3 Å². The average molecular weight is 370 g/mol. The van der Waals surface area contributed by atoms with Gasteiger partial charge in [0.05, 0.1) is 19.1 Å². The SMILES string of the molecule is COc1ccc(NC(=O)CCc2nc(-c3ccco3)no2)cc1NC(C)=O. The highest BCUT2D eigenvalue weighted by Crippen LogP contribution is 2.28. The molecule has 0 radical (unpaired) electrons. The molecule has 0 aliphatic carbocycles. The molecule has 2 N–H and O–H groups in total. The van der Waals surface area contributed by atoms with Gasteiger partial charge in [0.25, 0.3) is 0 Å². The summed E-state index contributed by atoms with van der Waals surface area (Å²) in [6, 6.07) is 8.42. The molecule has 9 nitrogen and oxygen atoms in total. The number of rotatable bonds is 7. The van der Waals surface area contributed by atoms with Gasteiger partial charge >= 0.3 is 0 Å². The summed E-state index contributed by atoms with van der Waals surface area (Å²) in [6.45, 7) is 1.39. The van der Waals surface area contributed by atoms with Gasteiger partial charge in [-0.1, -0.05) is 5.16 Å². The number of aryl methyl sites for hydroxylation is 1. The summed E-state index contributed by atoms with van der Waals surface area (Å²) in [5.74, 6) is 1.21. The van der Waals surface area contributed by atoms with Gasteiger partial charge in [0.1, 0.15) is 5.75 Å². The normalized spacial score (nSPS) is 10.4. The molecule has 3 rings (SSSR count). The molecule has 0 aliphatic heterocycles. The van der Waals surface area contributed by atoms with Crippen LogP contribution in [0.25, 0.3) is 11.6 Å². The van der Waals surface area contributed by atoms with E-state index in [9.17, 15) is 9.59 Å². The number of carbonyl (C=O) groups is 2. The van der Waals surface area contributed by atoms with E-state index in [2.05, 4.69) is 20.8 Å². The van der Waals surface area contributed by atoms with E-state index in [1.54, 1.807) is 30.3 Å². The van der Waals surface area contributed by atoms with Gasteiger partial charge in [-0.2, -0.15) is 4.98 Å². The van der Waals surface area contributed by atoms with Gasteiger partial charge in [-0.05, 0) is 30.3 Å². The van der Waals surface area contributed by atoms with Gasteiger partial charge in [0.15, 0.2) is 5.76 Å². The third-order valence-electron chi connectivity index (χ3n) is 3.57. The van der Waals surface area contributed by atoms with Crippen molar-refractivity contribution >= 4 is 23.2 Å². The monoisotopic (exact) mass is 370 g/mol. The molecule has 0 spiro atoms. The minimum absolute atomic E-state index is 0.154. The number of carbonyl (C=O) groups excluding carboxylic acids is 2. The zero-order chi connectivity index (χ0) is 19.2. The van der Waals surface area contributed by atoms with Gasteiger partial charge in [-0.15, -0.1) is 0 Å². The molecule has 0 saturated carbocycles. The number of furan rings is 1. The van der Waals surface area contributed by atoms with Crippen LogP contribution in [0.3, 0.4) is 0 Å². The van der Waals surface area contributed by atoms with Crippen molar-refractivity contribution in [3.05, 3.63) is 42.5 Å². The molecular formula is C18H18N4O5. The standard InChI is InChI=1S/C18H18N4O5/c1-11(23)19-13-10-12(5-6-14(13)25-2)20-16(24)7-8-17-21-18(22-27-17)15-4-3-9-26-15/h3-6,9-10H,7-8H2,1-2H3,(H,19,23)(H,20,24). The topological polar surface area (TPSA) is 119 Å². The number of methoxy groups -OCH3 is 1. The molecule has 0 saturated heterocycles. The molecule has 0 atom stereocenters. The fourth-order valence-electron chi connectivity index (χ4n) is 2.38. The number of amides is 2. The molecule has 0 unspecified atom stereocenters. The van der Waals surface area contributed by atoms with E-state index >= 15 is 0 Å². The number of nitrogens with zero attached hydrogens (tertiary/aromatic N) is 2. The number of benzene rings is 1. The summed E-state index contributed by atoms with van der Waals surface area (Å²) in [4.78, 5) is 27.6. The van der Waals surface area contributed by atoms with Crippen LogP contribution in [0.1, 0.15) is 19.2 Å². The van der Waals surface area contributed by atoms with Gasteiger partial charge in [-0.3, -0.25) is 9.59 Å². The first kappa shape index (κ1) is 18.2. The van der Waals surface area contributed by atoms with Crippen molar-refractivity contribution in [1.82, 2.24) is 10.1 Å². The molecule has 0 aliphatic rings. The van der Waals surface area contributed by atoms with Crippen molar-refractivity contribution in [3.8, 4) is 17.3 Å². The molecule has 0 bridgehead atoms. The Balaban J connectivity index is 1.58. The van der Waals surface area contributed by atoms with Gasteiger partial charge in [0.2, 0.25) is 23.5 Å². The van der Waals surface area contributed by atoms with Crippen molar-refractivity contribution in [2.24, 2.45) is 0 Å². The van der Waals surface area contributed by atoms with Crippen LogP contribution in [0.2, 0.25) is 0 Å². The van der Waals surface area contributed by atoms with Crippen molar-refractivity contribution in [3.63, 3.8) is 0 Å². The van der Waals surface area contributed by atoms with Crippen LogP contribution >= 0.6 is 0 Å². The summed E-state index contributed by atoms with van der Waals surface area (Å²) in [5.41, 5.74) is 1.01. The van der Waals surface area contributed by atoms with Crippen LogP contribution < -0.4 is 15.4 Å². The number of nitrogens with one attached hydrogen (secondary N) is 2. The minimum Gasteiger partial charge on any atom is -0.495 e. The zero-order valence-corrected chi connectivity index (χ0v) is 14.8. The molecule has 9 heteroatoms. The summed E-state index contributed by atoms with van der Waals surface area (Å²) in [6.07, 6.45) is 1.96. The van der Waals surface area contributed by atoms with Crippen LogP contribution in [-0.4, -0.2) is 29.1 Å². The maximum atomic E-state index is 12.2. The molecule has 27 heavy (non-hydrogen) atoms. The van der Waals surface area contributed by atoms with Crippen molar-refractivity contribution in [2.75, 3.05) is 17.7 Å². The Morgan fingerprint density at radius 2 is 2.07 bits per heavy atom. The van der Waals surface area contributed by atoms with E-state index in [-0.39, 0.29) is 24.7 Å². The van der Waals surface area contributed by atoms with Crippen LogP contribution in [-0.2, 0) is 16.0 Å². The molecule has 3 aromatic rings. The van der Waals surface area contributed by atoms with E-state index in [1.807, 2.05) is 0 Å². The lowest BCUT2D eigenvalue weighted by Crippen LogP contribution is -2.13. The minimum atomic E-state index is -0.236. The first-order valence-electron chi connectivity index (χ1n) is 8.17. The molecule has 0 fully saturated rings. The first-order valence-corrected chi connectivity index (χ1v) is 8.17. The molecule has 2 aromatic heterocycles. The van der Waals surface area contributed by atoms with E-state index in [4.69, 9.17) is 13.7 Å². The summed E-state index contributed by atoms with van der Waals surface area (Å²) in [7, 11) is 1.50. The molecule has 2 heterocycles. The van der Waals surface area contributed by atoms with Gasteiger partial charge < -0.3 is 24.3 Å². The second-order valence-corrected chi connectivity index (χ2v) is 5.63. The zero-order valence-electron chi connectivity index (χ0n) is 14.8. The quantitative estimate of drug-likeness (QED) is 0.656. The Hall–Kier alpha value is -3.62. The first-order chi connectivity index (χ1) is 13.0. The highest BCUT2D eigenvalue weighted by molar-refractivity contribution is 5.94. The maximum absolute atomic E-state index is 12.2. The van der Waals surface area contributed by atoms with Crippen molar-refractivity contribution in [1.29, 1.82) is 0 Å². The lowest BCUT2D eigenvalue weighted by Gasteiger charge is -2.11. The third kappa shape index (κ3) is 4.72. The number of anilines is 2. The Kier molecular flexibility index (Phi) is 5.50. The summed E-state index contributed by atoms with van der Waals surface area (Å²) < 4.78 is 15.5. The van der Waals surface area contributed by atoms with Crippen LogP contribution in [0.4, 0.5) is 11.4 Å². The number of aromatic nitrogens is 2. The molecule has 140 valence electrons. The van der Waals surface area contributed by atoms with Crippen molar-refractivity contribution in [2.45, 2.75) is 19.8 Å². The third-order valence-corrected chi connectivity index (χ3v) is 3.57. The highest BCUT2D eigenvalue weighted by atomic mass is 16.5. The highest BCUT2D eigenvalue weighted by Gasteiger charge is 2.13. The second kappa shape index (κ2) is 8.17. The van der Waals surface area contributed by atoms with Crippen molar-refractivity contribution < 1.29 is 23.3 Å². The Morgan fingerprint density at radius 3 is 2.78 bits per heavy atom. The number of ether oxygens (including phenoxy) is 1. The summed E-state index contributed by atoms with van der Waals surface area (Å²) in [5, 5.41) is 9.23. The predicted octanol–water partition coefficient (Wildman–Crippen LogP) is 2.87. The van der Waals surface area contributed by atoms with Gasteiger partial charge in [0, 0.05) is 25.5 Å². The van der Waals surface area contributed by atoms with E-state index in [0.717, 1.165) is 0 Å². The van der Waals surface area contributed by atoms with Crippen LogP contribution in [0.15, 0.2) is 45.5 Å². The van der Waals surface area contributed by atoms with Gasteiger partial charge in [-0.25, -0.2) is 0 Å². The van der Waals surface area contributed by atoms with E-state index < -0.39 is 0 Å². The number of hydrogen-bond donors (Lipinski definition) is 2. The Morgan fingerprint density at radius 1 is 1.22 bits per heavy atom. The molecular weight excluding hydrogens is 352 g/mol. The lowest BCUT2D eigenvalue weighted by molar-refractivity contribution is -0.116. The number of hydrogen-bond acceptors (Lipinski definition) is 7. The summed E-state index contributed by atoms with van der Waals surface area (Å²) >= 11 is 0. The molecule has 2 amide bonds. The molecule has 1 aromatic carbocycles. The predicted molar refractivity (Wildman–Crippen MR) is 96.2 cm³/mol. The second-order valence-electron chi connectivity index (χ2n) is 5.63. The average Bonchev–Trinajstić information content (AvgIpc) is 3.31. The largest absolute Gasteiger partial charge is 0.495 e. The Labute approximate surface area is 154 Å². The Bertz CT molecular complexity index is 933. The van der Waals surface area contributed by atoms with Crippen LogP contribution in [0.5, 0.6) is 5.75 Å². The fraction of sp³-hybridized carbons (Fsp3) is 0.222. The van der Waals surface area contributed by atoms with E-state index in [0.29, 0.717) is 34.6 Å². The maximum Gasteiger partial charge on any atom is 0.238 e. The smallest absolute Gasteiger partial charge is 0.238 e. The lowest BCUT2D eigenvalue weighted by atomic mass is 10.2. The fourth-order valence-corrected chi connectivity index (χ4v) is 2.38.